The molecule has 0 amide bonds. The highest BCUT2D eigenvalue weighted by Crippen LogP contribution is 2.57. The summed E-state index contributed by atoms with van der Waals surface area (Å²) in [6.07, 6.45) is 9.50. The summed E-state index contributed by atoms with van der Waals surface area (Å²) in [5, 5.41) is 9.67. The lowest BCUT2D eigenvalue weighted by atomic mass is 9.77. The van der Waals surface area contributed by atoms with Gasteiger partial charge in [-0.15, -0.1) is 0 Å². The third-order valence-corrected chi connectivity index (χ3v) is 6.30. The van der Waals surface area contributed by atoms with Crippen molar-refractivity contribution >= 4 is 11.9 Å². The molecule has 0 aliphatic heterocycles. The van der Waals surface area contributed by atoms with Gasteiger partial charge in [0.2, 0.25) is 0 Å². The molecule has 0 saturated heterocycles. The Morgan fingerprint density at radius 1 is 1.08 bits per heavy atom. The number of hydrogen-bond donors (Lipinski definition) is 1. The number of carbonyl (C=O) groups excluding carboxylic acids is 1. The lowest BCUT2D eigenvalue weighted by Crippen LogP contribution is -2.36. The van der Waals surface area contributed by atoms with Crippen LogP contribution in [0.15, 0.2) is 23.3 Å². The number of aliphatic carboxylic acids is 1. The molecule has 2 rings (SSSR count). The van der Waals surface area contributed by atoms with E-state index in [1.807, 2.05) is 39.8 Å². The second-order valence-corrected chi connectivity index (χ2v) is 8.03. The average Bonchev–Trinajstić information content (AvgIpc) is 2.99. The Morgan fingerprint density at radius 2 is 1.64 bits per heavy atom. The molecule has 2 aliphatic rings. The lowest BCUT2D eigenvalue weighted by Gasteiger charge is -2.33. The molecule has 4 nitrogen and oxygen atoms in total. The Bertz CT molecular complexity index is 593. The van der Waals surface area contributed by atoms with Crippen molar-refractivity contribution in [2.45, 2.75) is 78.7 Å². The van der Waals surface area contributed by atoms with Crippen LogP contribution in [-0.4, -0.2) is 22.6 Å². The van der Waals surface area contributed by atoms with E-state index in [2.05, 4.69) is 6.92 Å². The smallest absolute Gasteiger partial charge is 0.335 e. The summed E-state index contributed by atoms with van der Waals surface area (Å²) < 4.78 is 6.00. The maximum Gasteiger partial charge on any atom is 0.335 e. The van der Waals surface area contributed by atoms with E-state index in [9.17, 15) is 14.7 Å². The Balaban J connectivity index is 2.27. The molecule has 0 saturated carbocycles. The van der Waals surface area contributed by atoms with Gasteiger partial charge in [-0.2, -0.15) is 0 Å². The summed E-state index contributed by atoms with van der Waals surface area (Å²) >= 11 is 0. The van der Waals surface area contributed by atoms with Crippen molar-refractivity contribution in [1.29, 1.82) is 0 Å². The van der Waals surface area contributed by atoms with Gasteiger partial charge < -0.3 is 9.84 Å². The Labute approximate surface area is 151 Å². The van der Waals surface area contributed by atoms with Crippen molar-refractivity contribution in [1.82, 2.24) is 0 Å². The van der Waals surface area contributed by atoms with E-state index in [0.717, 1.165) is 38.5 Å². The molecule has 0 aromatic rings. The number of carbonyl (C=O) groups is 2. The minimum Gasteiger partial charge on any atom is -0.478 e. The molecule has 1 N–H and O–H groups in total. The van der Waals surface area contributed by atoms with Crippen molar-refractivity contribution in [2.75, 3.05) is 0 Å². The summed E-state index contributed by atoms with van der Waals surface area (Å²) in [6.45, 7) is 10.3. The number of unbranched alkanes of at least 4 members (excludes halogenated alkanes) is 2. The molecule has 0 radical (unpaired) electrons. The second kappa shape index (κ2) is 7.35. The van der Waals surface area contributed by atoms with E-state index in [4.69, 9.17) is 4.74 Å². The predicted octanol–water partition coefficient (Wildman–Crippen LogP) is 4.89. The van der Waals surface area contributed by atoms with E-state index in [1.54, 1.807) is 0 Å². The van der Waals surface area contributed by atoms with E-state index in [1.165, 1.54) is 0 Å². The number of fused-ring (bicyclic) bond motifs is 2. The van der Waals surface area contributed by atoms with Gasteiger partial charge in [-0.3, -0.25) is 0 Å². The molecular weight excluding hydrogens is 316 g/mol. The second-order valence-electron chi connectivity index (χ2n) is 8.03. The standard InChI is InChI=1S/C21H32O4/c1-6-9-10-13-21(7-2,8-3)25-19(24)17-15-12-11-14(20(15,4)5)16(17)18(22)23/h11-12,14-15H,6-10,13H2,1-5H3,(H,22,23). The van der Waals surface area contributed by atoms with Gasteiger partial charge in [-0.05, 0) is 31.1 Å². The zero-order valence-electron chi connectivity index (χ0n) is 16.2. The van der Waals surface area contributed by atoms with Crippen LogP contribution in [-0.2, 0) is 14.3 Å². The van der Waals surface area contributed by atoms with Crippen LogP contribution in [0.25, 0.3) is 0 Å². The summed E-state index contributed by atoms with van der Waals surface area (Å²) in [5.41, 5.74) is -0.159. The first-order valence-electron chi connectivity index (χ1n) is 9.63. The summed E-state index contributed by atoms with van der Waals surface area (Å²) in [7, 11) is 0. The van der Waals surface area contributed by atoms with Crippen molar-refractivity contribution in [3.05, 3.63) is 23.3 Å². The summed E-state index contributed by atoms with van der Waals surface area (Å²) in [5.74, 6) is -1.81. The number of esters is 1. The maximum atomic E-state index is 13.0. The number of carboxylic acid groups (broad SMARTS) is 1. The first kappa shape index (κ1) is 19.7. The Hall–Kier alpha value is -1.58. The SMILES string of the molecule is CCCCCC(CC)(CC)OC(=O)C1=C(C(=O)O)C2C=CC1C2(C)C. The maximum absolute atomic E-state index is 13.0. The third-order valence-electron chi connectivity index (χ3n) is 6.30. The minimum atomic E-state index is -0.999. The molecule has 0 fully saturated rings. The van der Waals surface area contributed by atoms with E-state index in [-0.39, 0.29) is 22.8 Å². The molecule has 2 aliphatic carbocycles. The van der Waals surface area contributed by atoms with Gasteiger partial charge in [0.05, 0.1) is 11.1 Å². The molecule has 2 unspecified atom stereocenters. The number of allylic oxidation sites excluding steroid dienone is 2. The van der Waals surface area contributed by atoms with Crippen LogP contribution in [0.1, 0.15) is 73.1 Å². The first-order valence-corrected chi connectivity index (χ1v) is 9.63. The number of carboxylic acids is 1. The molecule has 0 spiro atoms. The van der Waals surface area contributed by atoms with Crippen LogP contribution < -0.4 is 0 Å². The van der Waals surface area contributed by atoms with Crippen molar-refractivity contribution in [3.8, 4) is 0 Å². The fourth-order valence-corrected chi connectivity index (χ4v) is 4.42. The molecule has 25 heavy (non-hydrogen) atoms. The van der Waals surface area contributed by atoms with Gasteiger partial charge in [0, 0.05) is 11.8 Å². The summed E-state index contributed by atoms with van der Waals surface area (Å²) in [4.78, 5) is 24.8. The largest absolute Gasteiger partial charge is 0.478 e. The Morgan fingerprint density at radius 3 is 2.12 bits per heavy atom. The molecule has 0 aromatic heterocycles. The normalized spacial score (nSPS) is 24.0. The minimum absolute atomic E-state index is 0.168. The molecule has 0 heterocycles. The van der Waals surface area contributed by atoms with Crippen LogP contribution in [0.3, 0.4) is 0 Å². The van der Waals surface area contributed by atoms with E-state index >= 15 is 0 Å². The van der Waals surface area contributed by atoms with Gasteiger partial charge in [-0.1, -0.05) is 59.6 Å². The van der Waals surface area contributed by atoms with Crippen LogP contribution in [0.2, 0.25) is 0 Å². The van der Waals surface area contributed by atoms with Gasteiger partial charge in [-0.25, -0.2) is 9.59 Å². The van der Waals surface area contributed by atoms with Crippen molar-refractivity contribution in [2.24, 2.45) is 17.3 Å². The zero-order valence-corrected chi connectivity index (χ0v) is 16.2. The van der Waals surface area contributed by atoms with E-state index in [0.29, 0.717) is 5.57 Å². The number of hydrogen-bond acceptors (Lipinski definition) is 3. The molecule has 2 bridgehead atoms. The molecular formula is C21H32O4. The summed E-state index contributed by atoms with van der Waals surface area (Å²) in [6, 6.07) is 0. The third kappa shape index (κ3) is 3.40. The monoisotopic (exact) mass is 348 g/mol. The fraction of sp³-hybridized carbons (Fsp3) is 0.714. The first-order chi connectivity index (χ1) is 11.7. The van der Waals surface area contributed by atoms with Crippen LogP contribution in [0.4, 0.5) is 0 Å². The van der Waals surface area contributed by atoms with Gasteiger partial charge in [0.25, 0.3) is 0 Å². The van der Waals surface area contributed by atoms with E-state index < -0.39 is 17.5 Å². The van der Waals surface area contributed by atoms with Crippen molar-refractivity contribution < 1.29 is 19.4 Å². The molecule has 0 aromatic carbocycles. The zero-order chi connectivity index (χ0) is 18.8. The molecule has 140 valence electrons. The topological polar surface area (TPSA) is 63.6 Å². The highest BCUT2D eigenvalue weighted by molar-refractivity contribution is 6.03. The molecule has 4 heteroatoms. The van der Waals surface area contributed by atoms with Crippen LogP contribution in [0, 0.1) is 17.3 Å². The van der Waals surface area contributed by atoms with Gasteiger partial charge in [0.1, 0.15) is 5.60 Å². The highest BCUT2D eigenvalue weighted by atomic mass is 16.6. The quantitative estimate of drug-likeness (QED) is 0.366. The van der Waals surface area contributed by atoms with Crippen LogP contribution in [0.5, 0.6) is 0 Å². The molecule has 2 atom stereocenters. The predicted molar refractivity (Wildman–Crippen MR) is 98.1 cm³/mol. The number of rotatable bonds is 9. The van der Waals surface area contributed by atoms with Gasteiger partial charge in [0.15, 0.2) is 0 Å². The highest BCUT2D eigenvalue weighted by Gasteiger charge is 2.55. The Kier molecular flexibility index (Phi) is 5.80. The fourth-order valence-electron chi connectivity index (χ4n) is 4.42. The van der Waals surface area contributed by atoms with Crippen LogP contribution >= 0.6 is 0 Å². The van der Waals surface area contributed by atoms with Gasteiger partial charge >= 0.3 is 11.9 Å². The number of ether oxygens (including phenoxy) is 1. The lowest BCUT2D eigenvalue weighted by molar-refractivity contribution is -0.158. The van der Waals surface area contributed by atoms with Crippen molar-refractivity contribution in [3.63, 3.8) is 0 Å². The average molecular weight is 348 g/mol.